The van der Waals surface area contributed by atoms with Crippen molar-refractivity contribution in [2.45, 2.75) is 38.4 Å². The summed E-state index contributed by atoms with van der Waals surface area (Å²) < 4.78 is 16.2. The Bertz CT molecular complexity index is 955. The highest BCUT2D eigenvalue weighted by molar-refractivity contribution is 7.99. The molecule has 3 aromatic rings. The molecule has 1 atom stereocenters. The Kier molecular flexibility index (Phi) is 6.46. The van der Waals surface area contributed by atoms with Gasteiger partial charge in [-0.1, -0.05) is 48.5 Å². The van der Waals surface area contributed by atoms with Gasteiger partial charge in [0.1, 0.15) is 5.82 Å². The van der Waals surface area contributed by atoms with Crippen molar-refractivity contribution in [3.05, 3.63) is 59.9 Å². The Labute approximate surface area is 168 Å². The highest BCUT2D eigenvalue weighted by Crippen LogP contribution is 2.29. The highest BCUT2D eigenvalue weighted by Gasteiger charge is 2.19. The molecule has 0 fully saturated rings. The summed E-state index contributed by atoms with van der Waals surface area (Å²) in [6, 6.07) is 14.4. The molecule has 7 heteroatoms. The van der Waals surface area contributed by atoms with Crippen molar-refractivity contribution in [1.82, 2.24) is 20.1 Å². The van der Waals surface area contributed by atoms with Crippen molar-refractivity contribution >= 4 is 17.7 Å². The maximum atomic E-state index is 14.4. The predicted octanol–water partition coefficient (Wildman–Crippen LogP) is 4.39. The van der Waals surface area contributed by atoms with E-state index in [1.807, 2.05) is 45.0 Å². The number of amides is 1. The molecule has 0 saturated heterocycles. The van der Waals surface area contributed by atoms with E-state index in [0.717, 1.165) is 17.7 Å². The Morgan fingerprint density at radius 2 is 1.89 bits per heavy atom. The molecule has 0 spiro atoms. The van der Waals surface area contributed by atoms with E-state index in [4.69, 9.17) is 0 Å². The smallest absolute Gasteiger partial charge is 0.230 e. The van der Waals surface area contributed by atoms with Crippen LogP contribution in [0.5, 0.6) is 0 Å². The van der Waals surface area contributed by atoms with Gasteiger partial charge in [0.2, 0.25) is 5.91 Å². The van der Waals surface area contributed by atoms with Gasteiger partial charge in [-0.15, -0.1) is 10.2 Å². The molecule has 1 unspecified atom stereocenters. The van der Waals surface area contributed by atoms with Crippen molar-refractivity contribution in [3.8, 4) is 17.1 Å². The van der Waals surface area contributed by atoms with E-state index < -0.39 is 0 Å². The van der Waals surface area contributed by atoms with Crippen LogP contribution < -0.4 is 5.32 Å². The third-order valence-electron chi connectivity index (χ3n) is 4.39. The van der Waals surface area contributed by atoms with E-state index >= 15 is 0 Å². The Morgan fingerprint density at radius 3 is 2.57 bits per heavy atom. The summed E-state index contributed by atoms with van der Waals surface area (Å²) in [6.07, 6.45) is 0.868. The van der Waals surface area contributed by atoms with E-state index in [1.54, 1.807) is 22.8 Å². The van der Waals surface area contributed by atoms with Gasteiger partial charge < -0.3 is 5.32 Å². The lowest BCUT2D eigenvalue weighted by Crippen LogP contribution is -2.33. The first kappa shape index (κ1) is 20.1. The summed E-state index contributed by atoms with van der Waals surface area (Å²) in [4.78, 5) is 12.2. The van der Waals surface area contributed by atoms with Crippen LogP contribution in [0.2, 0.25) is 0 Å². The highest BCUT2D eigenvalue weighted by atomic mass is 32.2. The topological polar surface area (TPSA) is 59.8 Å². The molecule has 2 aromatic carbocycles. The lowest BCUT2D eigenvalue weighted by molar-refractivity contribution is -0.119. The molecule has 1 N–H and O–H groups in total. The normalized spacial score (nSPS) is 12.0. The number of carbonyl (C=O) groups excluding carboxylic acids is 1. The van der Waals surface area contributed by atoms with Crippen LogP contribution in [0, 0.1) is 12.7 Å². The lowest BCUT2D eigenvalue weighted by Gasteiger charge is -2.13. The van der Waals surface area contributed by atoms with Gasteiger partial charge in [0.05, 0.1) is 11.3 Å². The average Bonchev–Trinajstić information content (AvgIpc) is 3.11. The first-order chi connectivity index (χ1) is 13.5. The molecule has 0 saturated carbocycles. The fraction of sp³-hybridized carbons (Fsp3) is 0.286. The molecular weight excluding hydrogens is 375 g/mol. The summed E-state index contributed by atoms with van der Waals surface area (Å²) in [5.74, 6) is 0.192. The molecule has 0 aliphatic carbocycles. The monoisotopic (exact) mass is 398 g/mol. The van der Waals surface area contributed by atoms with Crippen LogP contribution in [-0.2, 0) is 4.79 Å². The fourth-order valence-corrected chi connectivity index (χ4v) is 3.42. The molecule has 0 aliphatic rings. The van der Waals surface area contributed by atoms with Crippen LogP contribution in [0.1, 0.15) is 25.8 Å². The zero-order chi connectivity index (χ0) is 20.1. The number of aryl methyl sites for hydroxylation is 1. The molecule has 146 valence electrons. The number of carbonyl (C=O) groups is 1. The van der Waals surface area contributed by atoms with Gasteiger partial charge in [-0.05, 0) is 44.5 Å². The van der Waals surface area contributed by atoms with Gasteiger partial charge in [-0.25, -0.2) is 4.39 Å². The molecule has 0 radical (unpaired) electrons. The second-order valence-corrected chi connectivity index (χ2v) is 7.56. The van der Waals surface area contributed by atoms with Crippen LogP contribution in [0.15, 0.2) is 53.7 Å². The number of halogens is 1. The summed E-state index contributed by atoms with van der Waals surface area (Å²) >= 11 is 1.28. The largest absolute Gasteiger partial charge is 0.353 e. The molecular formula is C21H23FN4OS. The van der Waals surface area contributed by atoms with E-state index in [2.05, 4.69) is 15.5 Å². The molecule has 0 bridgehead atoms. The van der Waals surface area contributed by atoms with Crippen LogP contribution in [0.25, 0.3) is 17.1 Å². The summed E-state index contributed by atoms with van der Waals surface area (Å²) in [7, 11) is 0. The maximum Gasteiger partial charge on any atom is 0.230 e. The minimum Gasteiger partial charge on any atom is -0.353 e. The molecule has 5 nitrogen and oxygen atoms in total. The second kappa shape index (κ2) is 9.01. The van der Waals surface area contributed by atoms with E-state index in [9.17, 15) is 9.18 Å². The van der Waals surface area contributed by atoms with Gasteiger partial charge in [-0.2, -0.15) is 0 Å². The first-order valence-electron chi connectivity index (χ1n) is 9.19. The zero-order valence-electron chi connectivity index (χ0n) is 16.1. The SMILES string of the molecule is CCC(C)NC(=O)CSc1nnc(-c2ccccc2F)n1-c1ccc(C)cc1. The second-order valence-electron chi connectivity index (χ2n) is 6.62. The number of aromatic nitrogens is 3. The summed E-state index contributed by atoms with van der Waals surface area (Å²) in [6.45, 7) is 5.99. The van der Waals surface area contributed by atoms with Crippen LogP contribution in [-0.4, -0.2) is 32.5 Å². The van der Waals surface area contributed by atoms with Crippen molar-refractivity contribution in [1.29, 1.82) is 0 Å². The van der Waals surface area contributed by atoms with Crippen LogP contribution in [0.3, 0.4) is 0 Å². The Morgan fingerprint density at radius 1 is 1.18 bits per heavy atom. The Hall–Kier alpha value is -2.67. The van der Waals surface area contributed by atoms with E-state index in [1.165, 1.54) is 17.8 Å². The average molecular weight is 399 g/mol. The van der Waals surface area contributed by atoms with E-state index in [-0.39, 0.29) is 23.5 Å². The van der Waals surface area contributed by atoms with Crippen LogP contribution >= 0.6 is 11.8 Å². The van der Waals surface area contributed by atoms with Crippen LogP contribution in [0.4, 0.5) is 4.39 Å². The number of nitrogens with one attached hydrogen (secondary N) is 1. The van der Waals surface area contributed by atoms with Gasteiger partial charge in [-0.3, -0.25) is 9.36 Å². The summed E-state index contributed by atoms with van der Waals surface area (Å²) in [5, 5.41) is 11.9. The molecule has 1 amide bonds. The minimum atomic E-state index is -0.366. The Balaban J connectivity index is 1.95. The number of hydrogen-bond acceptors (Lipinski definition) is 4. The van der Waals surface area contributed by atoms with Crippen molar-refractivity contribution < 1.29 is 9.18 Å². The van der Waals surface area contributed by atoms with Crippen molar-refractivity contribution in [3.63, 3.8) is 0 Å². The lowest BCUT2D eigenvalue weighted by atomic mass is 10.2. The first-order valence-corrected chi connectivity index (χ1v) is 10.2. The number of nitrogens with zero attached hydrogens (tertiary/aromatic N) is 3. The number of thioether (sulfide) groups is 1. The number of hydrogen-bond donors (Lipinski definition) is 1. The number of benzene rings is 2. The fourth-order valence-electron chi connectivity index (χ4n) is 2.66. The molecule has 1 aromatic heterocycles. The third kappa shape index (κ3) is 4.59. The van der Waals surface area contributed by atoms with Gasteiger partial charge in [0.25, 0.3) is 0 Å². The van der Waals surface area contributed by atoms with Gasteiger partial charge >= 0.3 is 0 Å². The molecule has 1 heterocycles. The van der Waals surface area contributed by atoms with E-state index in [0.29, 0.717) is 16.5 Å². The molecule has 0 aliphatic heterocycles. The third-order valence-corrected chi connectivity index (χ3v) is 5.32. The predicted molar refractivity (Wildman–Crippen MR) is 110 cm³/mol. The van der Waals surface area contributed by atoms with Crippen molar-refractivity contribution in [2.24, 2.45) is 0 Å². The minimum absolute atomic E-state index is 0.0646. The van der Waals surface area contributed by atoms with Gasteiger partial charge in [0.15, 0.2) is 11.0 Å². The molecule has 28 heavy (non-hydrogen) atoms. The van der Waals surface area contributed by atoms with Gasteiger partial charge in [0, 0.05) is 11.7 Å². The number of rotatable bonds is 7. The summed E-state index contributed by atoms with van der Waals surface area (Å²) in [5.41, 5.74) is 2.30. The maximum absolute atomic E-state index is 14.4. The van der Waals surface area contributed by atoms with Crippen molar-refractivity contribution in [2.75, 3.05) is 5.75 Å². The molecule has 3 rings (SSSR count). The zero-order valence-corrected chi connectivity index (χ0v) is 17.0. The quantitative estimate of drug-likeness (QED) is 0.600. The standard InChI is InChI=1S/C21H23FN4OS/c1-4-15(3)23-19(27)13-28-21-25-24-20(17-7-5-6-8-18(17)22)26(21)16-11-9-14(2)10-12-16/h5-12,15H,4,13H2,1-3H3,(H,23,27).